The molecule has 0 unspecified atom stereocenters. The second-order valence-electron chi connectivity index (χ2n) is 8.26. The Morgan fingerprint density at radius 1 is 1.21 bits per heavy atom. The van der Waals surface area contributed by atoms with Gasteiger partial charge in [-0.1, -0.05) is 29.8 Å². The number of anilines is 1. The predicted molar refractivity (Wildman–Crippen MR) is 121 cm³/mol. The van der Waals surface area contributed by atoms with Crippen molar-refractivity contribution in [2.45, 2.75) is 26.3 Å². The maximum Gasteiger partial charge on any atom is 0.258 e. The lowest BCUT2D eigenvalue weighted by atomic mass is 9.98. The number of aromatic nitrogens is 1. The molecular weight excluding hydrogens is 452 g/mol. The number of hydrogen-bond acceptors (Lipinski definition) is 5. The summed E-state index contributed by atoms with van der Waals surface area (Å²) in [5.74, 6) is -1.22. The fourth-order valence-corrected chi connectivity index (χ4v) is 4.64. The van der Waals surface area contributed by atoms with Crippen LogP contribution in [0.15, 0.2) is 36.5 Å². The van der Waals surface area contributed by atoms with Crippen molar-refractivity contribution >= 4 is 32.5 Å². The number of phenolic OH excluding ortho intramolecular Hbond substituents is 1. The Labute approximate surface area is 190 Å². The lowest BCUT2D eigenvalue weighted by Gasteiger charge is -2.23. The van der Waals surface area contributed by atoms with E-state index in [2.05, 4.69) is 4.98 Å². The molecule has 2 aromatic carbocycles. The predicted octanol–water partition coefficient (Wildman–Crippen LogP) is 3.46. The van der Waals surface area contributed by atoms with Crippen LogP contribution in [0.3, 0.4) is 0 Å². The lowest BCUT2D eigenvalue weighted by molar-refractivity contribution is 0.0576. The first-order valence-corrected chi connectivity index (χ1v) is 12.1. The fourth-order valence-electron chi connectivity index (χ4n) is 4.10. The molecule has 3 aromatic rings. The summed E-state index contributed by atoms with van der Waals surface area (Å²) < 4.78 is 51.9. The minimum Gasteiger partial charge on any atom is -0.505 e. The van der Waals surface area contributed by atoms with Crippen LogP contribution in [-0.2, 0) is 23.0 Å². The summed E-state index contributed by atoms with van der Waals surface area (Å²) >= 11 is 0. The molecule has 0 bridgehead atoms. The van der Waals surface area contributed by atoms with E-state index >= 15 is 0 Å². The van der Waals surface area contributed by atoms with Gasteiger partial charge in [-0.2, -0.15) is 0 Å². The molecule has 0 spiro atoms. The van der Waals surface area contributed by atoms with Gasteiger partial charge in [0.05, 0.1) is 24.1 Å². The van der Waals surface area contributed by atoms with Crippen LogP contribution in [0, 0.1) is 6.92 Å². The number of carbonyl (C=O) groups excluding carboxylic acids is 1. The standard InChI is InChI=1S/C23H23F2N3O4S/c1-13-4-6-14(7-5-13)8-15-9-16-20(26-10-15)22(29)19-17(21(16)27(2)33(3,31)32)11-28(23(19)30)12-18(24)25/h4-7,9-10,18,29H,8,11-12H2,1-3H3. The molecule has 1 amide bonds. The maximum atomic E-state index is 13.0. The summed E-state index contributed by atoms with van der Waals surface area (Å²) in [4.78, 5) is 18.0. The SMILES string of the molecule is Cc1ccc(Cc2cnc3c(O)c4c(c(N(C)S(C)(=O)=O)c3c2)CN(CC(F)F)C4=O)cc1. The Morgan fingerprint density at radius 3 is 2.48 bits per heavy atom. The number of halogens is 2. The molecule has 0 fully saturated rings. The number of amides is 1. The first-order chi connectivity index (χ1) is 15.5. The third-order valence-electron chi connectivity index (χ3n) is 5.80. The van der Waals surface area contributed by atoms with E-state index in [-0.39, 0.29) is 28.9 Å². The van der Waals surface area contributed by atoms with Crippen molar-refractivity contribution in [3.8, 4) is 5.75 Å². The topological polar surface area (TPSA) is 90.8 Å². The molecule has 10 heteroatoms. The third-order valence-corrected chi connectivity index (χ3v) is 6.98. The molecule has 0 saturated heterocycles. The van der Waals surface area contributed by atoms with Gasteiger partial charge in [0.25, 0.3) is 12.3 Å². The Balaban J connectivity index is 1.93. The summed E-state index contributed by atoms with van der Waals surface area (Å²) in [6, 6.07) is 9.64. The number of carbonyl (C=O) groups is 1. The van der Waals surface area contributed by atoms with Gasteiger partial charge in [-0.05, 0) is 30.5 Å². The van der Waals surface area contributed by atoms with Crippen LogP contribution in [0.25, 0.3) is 10.9 Å². The summed E-state index contributed by atoms with van der Waals surface area (Å²) in [5.41, 5.74) is 3.10. The van der Waals surface area contributed by atoms with E-state index in [0.717, 1.165) is 32.2 Å². The van der Waals surface area contributed by atoms with Gasteiger partial charge in [0.15, 0.2) is 5.75 Å². The average Bonchev–Trinajstić information content (AvgIpc) is 3.04. The first-order valence-electron chi connectivity index (χ1n) is 10.2. The number of rotatable bonds is 6. The molecule has 0 atom stereocenters. The van der Waals surface area contributed by atoms with Crippen LogP contribution in [0.2, 0.25) is 0 Å². The lowest BCUT2D eigenvalue weighted by Crippen LogP contribution is -2.29. The largest absolute Gasteiger partial charge is 0.505 e. The number of aryl methyl sites for hydroxylation is 1. The Hall–Kier alpha value is -3.27. The molecule has 1 aliphatic heterocycles. The Bertz CT molecular complexity index is 1360. The molecule has 1 N–H and O–H groups in total. The number of fused-ring (bicyclic) bond motifs is 2. The van der Waals surface area contributed by atoms with E-state index in [1.807, 2.05) is 31.2 Å². The Kier molecular flexibility index (Phi) is 5.73. The van der Waals surface area contributed by atoms with Gasteiger partial charge in [-0.25, -0.2) is 17.2 Å². The highest BCUT2D eigenvalue weighted by atomic mass is 32.2. The average molecular weight is 476 g/mol. The molecule has 0 saturated carbocycles. The number of hydrogen-bond donors (Lipinski definition) is 1. The quantitative estimate of drug-likeness (QED) is 0.590. The molecular formula is C23H23F2N3O4S. The highest BCUT2D eigenvalue weighted by Gasteiger charge is 2.38. The van der Waals surface area contributed by atoms with Gasteiger partial charge >= 0.3 is 0 Å². The molecule has 2 heterocycles. The maximum absolute atomic E-state index is 13.0. The van der Waals surface area contributed by atoms with Crippen molar-refractivity contribution in [2.24, 2.45) is 0 Å². The van der Waals surface area contributed by atoms with Gasteiger partial charge < -0.3 is 10.0 Å². The smallest absolute Gasteiger partial charge is 0.258 e. The van der Waals surface area contributed by atoms with Crippen LogP contribution in [0.1, 0.15) is 32.6 Å². The fraction of sp³-hybridized carbons (Fsp3) is 0.304. The molecule has 0 aliphatic carbocycles. The van der Waals surface area contributed by atoms with E-state index in [9.17, 15) is 27.1 Å². The number of phenols is 1. The van der Waals surface area contributed by atoms with Crippen LogP contribution < -0.4 is 4.31 Å². The number of sulfonamides is 1. The van der Waals surface area contributed by atoms with Crippen molar-refractivity contribution in [3.05, 3.63) is 64.3 Å². The summed E-state index contributed by atoms with van der Waals surface area (Å²) in [6.07, 6.45) is 0.305. The third kappa shape index (κ3) is 4.22. The second-order valence-corrected chi connectivity index (χ2v) is 10.3. The van der Waals surface area contributed by atoms with Crippen LogP contribution in [0.5, 0.6) is 5.75 Å². The van der Waals surface area contributed by atoms with E-state index < -0.39 is 34.7 Å². The van der Waals surface area contributed by atoms with E-state index in [0.29, 0.717) is 11.8 Å². The number of pyridine rings is 1. The minimum atomic E-state index is -3.77. The number of benzene rings is 2. The van der Waals surface area contributed by atoms with E-state index in [1.54, 1.807) is 12.3 Å². The highest BCUT2D eigenvalue weighted by molar-refractivity contribution is 7.92. The summed E-state index contributed by atoms with van der Waals surface area (Å²) in [6.45, 7) is 0.924. The molecule has 7 nitrogen and oxygen atoms in total. The Morgan fingerprint density at radius 2 is 1.88 bits per heavy atom. The van der Waals surface area contributed by atoms with Gasteiger partial charge in [-0.3, -0.25) is 14.1 Å². The van der Waals surface area contributed by atoms with E-state index in [4.69, 9.17) is 0 Å². The molecule has 1 aliphatic rings. The van der Waals surface area contributed by atoms with Crippen molar-refractivity contribution in [1.29, 1.82) is 0 Å². The zero-order valence-electron chi connectivity index (χ0n) is 18.3. The zero-order valence-corrected chi connectivity index (χ0v) is 19.2. The van der Waals surface area contributed by atoms with Gasteiger partial charge in [0, 0.05) is 30.7 Å². The summed E-state index contributed by atoms with van der Waals surface area (Å²) in [7, 11) is -2.44. The molecule has 1 aromatic heterocycles. The molecule has 4 rings (SSSR count). The van der Waals surface area contributed by atoms with Crippen molar-refractivity contribution in [2.75, 3.05) is 24.2 Å². The van der Waals surface area contributed by atoms with Crippen LogP contribution >= 0.6 is 0 Å². The molecule has 174 valence electrons. The highest BCUT2D eigenvalue weighted by Crippen LogP contribution is 2.44. The van der Waals surface area contributed by atoms with Gasteiger partial charge in [-0.15, -0.1) is 0 Å². The molecule has 0 radical (unpaired) electrons. The van der Waals surface area contributed by atoms with E-state index in [1.165, 1.54) is 7.05 Å². The number of alkyl halides is 2. The monoisotopic (exact) mass is 475 g/mol. The van der Waals surface area contributed by atoms with Crippen molar-refractivity contribution in [3.63, 3.8) is 0 Å². The molecule has 33 heavy (non-hydrogen) atoms. The van der Waals surface area contributed by atoms with Crippen LogP contribution in [-0.4, -0.2) is 55.6 Å². The number of aromatic hydroxyl groups is 1. The van der Waals surface area contributed by atoms with Crippen molar-refractivity contribution in [1.82, 2.24) is 9.88 Å². The minimum absolute atomic E-state index is 0.0409. The van der Waals surface area contributed by atoms with Gasteiger partial charge in [0.2, 0.25) is 10.0 Å². The second kappa shape index (κ2) is 8.26. The van der Waals surface area contributed by atoms with Crippen molar-refractivity contribution < 1.29 is 27.1 Å². The first kappa shape index (κ1) is 22.9. The van der Waals surface area contributed by atoms with Crippen LogP contribution in [0.4, 0.5) is 14.5 Å². The number of nitrogens with zero attached hydrogens (tertiary/aromatic N) is 3. The normalized spacial score (nSPS) is 13.8. The zero-order chi connectivity index (χ0) is 24.1. The summed E-state index contributed by atoms with van der Waals surface area (Å²) in [5, 5.41) is 11.2. The van der Waals surface area contributed by atoms with Gasteiger partial charge in [0.1, 0.15) is 5.52 Å².